The quantitative estimate of drug-likeness (QED) is 0.745. The first-order valence-electron chi connectivity index (χ1n) is 6.17. The van der Waals surface area contributed by atoms with Crippen LogP contribution in [0.15, 0.2) is 45.3 Å². The number of benzene rings is 2. The zero-order chi connectivity index (χ0) is 15.4. The summed E-state index contributed by atoms with van der Waals surface area (Å²) < 4.78 is 6.80. The molecule has 2 rings (SSSR count). The van der Waals surface area contributed by atoms with Gasteiger partial charge in [0, 0.05) is 16.2 Å². The van der Waals surface area contributed by atoms with E-state index in [1.54, 1.807) is 19.2 Å². The van der Waals surface area contributed by atoms with Gasteiger partial charge in [-0.05, 0) is 49.6 Å². The average molecular weight is 414 g/mol. The number of amides is 1. The van der Waals surface area contributed by atoms with Gasteiger partial charge in [-0.3, -0.25) is 4.79 Å². The number of nitrogens with one attached hydrogen (secondary N) is 1. The van der Waals surface area contributed by atoms with E-state index in [-0.39, 0.29) is 12.3 Å². The normalized spacial score (nSPS) is 10.2. The number of para-hydroxylation sites is 1. The summed E-state index contributed by atoms with van der Waals surface area (Å²) in [4.78, 5) is 12.1. The molecule has 0 saturated carbocycles. The Labute approximate surface area is 139 Å². The summed E-state index contributed by atoms with van der Waals surface area (Å²) in [6.45, 7) is 0. The fourth-order valence-corrected chi connectivity index (χ4v) is 3.10. The molecule has 0 saturated heterocycles. The van der Waals surface area contributed by atoms with E-state index in [4.69, 9.17) is 10.5 Å². The lowest BCUT2D eigenvalue weighted by Gasteiger charge is -2.11. The number of rotatable bonds is 4. The van der Waals surface area contributed by atoms with Crippen molar-refractivity contribution in [2.24, 2.45) is 0 Å². The Kier molecular flexibility index (Phi) is 5.25. The zero-order valence-electron chi connectivity index (χ0n) is 11.3. The van der Waals surface area contributed by atoms with Gasteiger partial charge in [-0.2, -0.15) is 0 Å². The van der Waals surface area contributed by atoms with Crippen molar-refractivity contribution >= 4 is 49.1 Å². The highest BCUT2D eigenvalue weighted by Crippen LogP contribution is 2.34. The molecule has 0 fully saturated rings. The van der Waals surface area contributed by atoms with Gasteiger partial charge in [0.05, 0.1) is 23.7 Å². The van der Waals surface area contributed by atoms with E-state index in [9.17, 15) is 4.79 Å². The number of hydrogen-bond donors (Lipinski definition) is 2. The topological polar surface area (TPSA) is 64.3 Å². The molecule has 0 heterocycles. The van der Waals surface area contributed by atoms with Crippen LogP contribution in [0.4, 0.5) is 11.4 Å². The summed E-state index contributed by atoms with van der Waals surface area (Å²) in [5.41, 5.74) is 7.90. The van der Waals surface area contributed by atoms with Crippen LogP contribution in [0, 0.1) is 0 Å². The molecule has 2 aromatic rings. The van der Waals surface area contributed by atoms with Gasteiger partial charge >= 0.3 is 0 Å². The van der Waals surface area contributed by atoms with Gasteiger partial charge < -0.3 is 15.8 Å². The van der Waals surface area contributed by atoms with Crippen molar-refractivity contribution in [2.75, 3.05) is 18.2 Å². The molecule has 1 amide bonds. The van der Waals surface area contributed by atoms with Crippen LogP contribution in [0.5, 0.6) is 5.75 Å². The molecule has 4 nitrogen and oxygen atoms in total. The Balaban J connectivity index is 2.15. The number of halogens is 2. The molecule has 0 atom stereocenters. The van der Waals surface area contributed by atoms with E-state index in [0.717, 1.165) is 14.5 Å². The lowest BCUT2D eigenvalue weighted by atomic mass is 10.1. The van der Waals surface area contributed by atoms with Crippen LogP contribution < -0.4 is 15.8 Å². The first kappa shape index (κ1) is 15.9. The monoisotopic (exact) mass is 412 g/mol. The van der Waals surface area contributed by atoms with E-state index in [1.165, 1.54) is 0 Å². The average Bonchev–Trinajstić information content (AvgIpc) is 2.44. The number of anilines is 2. The van der Waals surface area contributed by atoms with E-state index in [2.05, 4.69) is 37.2 Å². The van der Waals surface area contributed by atoms with Crippen molar-refractivity contribution in [1.82, 2.24) is 0 Å². The maximum atomic E-state index is 12.1. The third-order valence-electron chi connectivity index (χ3n) is 2.92. The molecule has 21 heavy (non-hydrogen) atoms. The van der Waals surface area contributed by atoms with Gasteiger partial charge in [0.25, 0.3) is 0 Å². The Hall–Kier alpha value is -1.53. The van der Waals surface area contributed by atoms with Crippen LogP contribution in [0.2, 0.25) is 0 Å². The number of hydrogen-bond acceptors (Lipinski definition) is 3. The molecule has 0 aromatic heterocycles. The molecule has 2 aromatic carbocycles. The van der Waals surface area contributed by atoms with Crippen molar-refractivity contribution in [1.29, 1.82) is 0 Å². The molecular weight excluding hydrogens is 400 g/mol. The minimum absolute atomic E-state index is 0.141. The van der Waals surface area contributed by atoms with Crippen molar-refractivity contribution in [3.63, 3.8) is 0 Å². The van der Waals surface area contributed by atoms with Crippen molar-refractivity contribution < 1.29 is 9.53 Å². The first-order valence-corrected chi connectivity index (χ1v) is 7.76. The summed E-state index contributed by atoms with van der Waals surface area (Å²) in [7, 11) is 1.57. The molecule has 110 valence electrons. The van der Waals surface area contributed by atoms with Gasteiger partial charge in [0.15, 0.2) is 0 Å². The number of nitrogen functional groups attached to an aromatic ring is 1. The second-order valence-electron chi connectivity index (χ2n) is 4.39. The first-order chi connectivity index (χ1) is 10.0. The highest BCUT2D eigenvalue weighted by molar-refractivity contribution is 9.11. The van der Waals surface area contributed by atoms with Crippen molar-refractivity contribution in [2.45, 2.75) is 6.42 Å². The summed E-state index contributed by atoms with van der Waals surface area (Å²) in [6, 6.07) is 10.9. The largest absolute Gasteiger partial charge is 0.495 e. The summed E-state index contributed by atoms with van der Waals surface area (Å²) >= 11 is 6.80. The molecule has 0 aliphatic rings. The molecule has 0 radical (unpaired) electrons. The van der Waals surface area contributed by atoms with Gasteiger partial charge in [-0.15, -0.1) is 0 Å². The maximum absolute atomic E-state index is 12.1. The highest BCUT2D eigenvalue weighted by atomic mass is 79.9. The van der Waals surface area contributed by atoms with Crippen LogP contribution in [-0.4, -0.2) is 13.0 Å². The fraction of sp³-hybridized carbons (Fsp3) is 0.133. The van der Waals surface area contributed by atoms with Gasteiger partial charge in [-0.1, -0.05) is 18.2 Å². The number of carbonyl (C=O) groups excluding carboxylic acids is 1. The van der Waals surface area contributed by atoms with Crippen molar-refractivity contribution in [3.05, 3.63) is 50.9 Å². The Morgan fingerprint density at radius 2 is 1.95 bits per heavy atom. The predicted molar refractivity (Wildman–Crippen MR) is 91.6 cm³/mol. The minimum Gasteiger partial charge on any atom is -0.495 e. The molecule has 0 aliphatic heterocycles. The lowest BCUT2D eigenvalue weighted by molar-refractivity contribution is -0.115. The van der Waals surface area contributed by atoms with Gasteiger partial charge in [0.1, 0.15) is 5.75 Å². The highest BCUT2D eigenvalue weighted by Gasteiger charge is 2.11. The Morgan fingerprint density at radius 1 is 1.24 bits per heavy atom. The SMILES string of the molecule is COc1cc(NC(=O)Cc2ccccc2N)c(Br)cc1Br. The smallest absolute Gasteiger partial charge is 0.228 e. The van der Waals surface area contributed by atoms with Crippen LogP contribution in [0.1, 0.15) is 5.56 Å². The maximum Gasteiger partial charge on any atom is 0.228 e. The lowest BCUT2D eigenvalue weighted by Crippen LogP contribution is -2.15. The van der Waals surface area contributed by atoms with Gasteiger partial charge in [-0.25, -0.2) is 0 Å². The fourth-order valence-electron chi connectivity index (χ4n) is 1.84. The second kappa shape index (κ2) is 6.95. The predicted octanol–water partition coefficient (Wildman–Crippen LogP) is 3.98. The third-order valence-corrected chi connectivity index (χ3v) is 4.20. The molecule has 6 heteroatoms. The third kappa shape index (κ3) is 3.98. The molecule has 0 bridgehead atoms. The number of nitrogens with two attached hydrogens (primary N) is 1. The Bertz CT molecular complexity index is 675. The Morgan fingerprint density at radius 3 is 2.62 bits per heavy atom. The minimum atomic E-state index is -0.141. The second-order valence-corrected chi connectivity index (χ2v) is 6.10. The standard InChI is InChI=1S/C15H14Br2N2O2/c1-21-14-8-13(10(16)7-11(14)17)19-15(20)6-9-4-2-3-5-12(9)18/h2-5,7-8H,6,18H2,1H3,(H,19,20). The molecule has 0 aliphatic carbocycles. The van der Waals surface area contributed by atoms with E-state index in [1.807, 2.05) is 24.3 Å². The number of carbonyl (C=O) groups is 1. The van der Waals surface area contributed by atoms with E-state index in [0.29, 0.717) is 17.1 Å². The molecule has 0 spiro atoms. The van der Waals surface area contributed by atoms with Crippen LogP contribution in [0.3, 0.4) is 0 Å². The van der Waals surface area contributed by atoms with Crippen LogP contribution in [0.25, 0.3) is 0 Å². The number of methoxy groups -OCH3 is 1. The van der Waals surface area contributed by atoms with Crippen LogP contribution >= 0.6 is 31.9 Å². The molecule has 0 unspecified atom stereocenters. The molecule has 3 N–H and O–H groups in total. The van der Waals surface area contributed by atoms with Gasteiger partial charge in [0.2, 0.25) is 5.91 Å². The van der Waals surface area contributed by atoms with Crippen LogP contribution in [-0.2, 0) is 11.2 Å². The summed E-state index contributed by atoms with van der Waals surface area (Å²) in [5, 5.41) is 2.85. The summed E-state index contributed by atoms with van der Waals surface area (Å²) in [6.07, 6.45) is 0.220. The molecular formula is C15H14Br2N2O2. The van der Waals surface area contributed by atoms with E-state index < -0.39 is 0 Å². The zero-order valence-corrected chi connectivity index (χ0v) is 14.5. The summed E-state index contributed by atoms with van der Waals surface area (Å²) in [5.74, 6) is 0.505. The van der Waals surface area contributed by atoms with Crippen molar-refractivity contribution in [3.8, 4) is 5.75 Å². The number of ether oxygens (including phenoxy) is 1. The van der Waals surface area contributed by atoms with E-state index >= 15 is 0 Å².